The van der Waals surface area contributed by atoms with Crippen molar-refractivity contribution >= 4 is 11.8 Å². The molecule has 4 rings (SSSR count). The molecule has 0 aliphatic carbocycles. The maximum absolute atomic E-state index is 14.9. The van der Waals surface area contributed by atoms with Crippen molar-refractivity contribution in [2.45, 2.75) is 63.5 Å². The van der Waals surface area contributed by atoms with Gasteiger partial charge >= 0.3 is 5.97 Å². The first kappa shape index (κ1) is 33.3. The fourth-order valence-corrected chi connectivity index (χ4v) is 5.36. The minimum absolute atomic E-state index is 0.0363. The summed E-state index contributed by atoms with van der Waals surface area (Å²) in [5, 5.41) is 12.6. The van der Waals surface area contributed by atoms with Gasteiger partial charge in [0.25, 0.3) is 0 Å². The van der Waals surface area contributed by atoms with E-state index >= 15 is 0 Å². The van der Waals surface area contributed by atoms with Gasteiger partial charge in [-0.2, -0.15) is 0 Å². The highest BCUT2D eigenvalue weighted by Gasteiger charge is 2.25. The highest BCUT2D eigenvalue weighted by Crippen LogP contribution is 2.30. The number of benzene rings is 2. The van der Waals surface area contributed by atoms with Crippen molar-refractivity contribution in [3.63, 3.8) is 0 Å². The number of ether oxygens (including phenoxy) is 2. The SMILES string of the molecule is CCC(CO)CC(=O)OC[C@@H]1CO[C@H](CCc2c(F)cncc2CC(=O)CC(c2ccc(F)cc2)c2ccc(F)cc2)CN1. The zero-order valence-corrected chi connectivity index (χ0v) is 24.8. The second-order valence-electron chi connectivity index (χ2n) is 11.3. The average molecular weight is 613 g/mol. The molecule has 3 aromatic rings. The van der Waals surface area contributed by atoms with E-state index in [2.05, 4.69) is 10.3 Å². The smallest absolute Gasteiger partial charge is 0.306 e. The predicted octanol–water partition coefficient (Wildman–Crippen LogP) is 5.07. The highest BCUT2D eigenvalue weighted by molar-refractivity contribution is 5.82. The third kappa shape index (κ3) is 9.70. The molecule has 236 valence electrons. The minimum atomic E-state index is -0.495. The molecule has 2 N–H and O–H groups in total. The van der Waals surface area contributed by atoms with E-state index in [1.165, 1.54) is 30.5 Å². The number of carbonyl (C=O) groups excluding carboxylic acids is 2. The van der Waals surface area contributed by atoms with Gasteiger partial charge in [0.15, 0.2) is 0 Å². The Balaban J connectivity index is 1.32. The molecule has 1 fully saturated rings. The zero-order chi connectivity index (χ0) is 31.5. The molecule has 1 aromatic heterocycles. The fraction of sp³-hybridized carbons (Fsp3) is 0.441. The normalized spacial score (nSPS) is 17.4. The number of hydrogen-bond donors (Lipinski definition) is 2. The summed E-state index contributed by atoms with van der Waals surface area (Å²) in [5.74, 6) is -2.34. The molecular weight excluding hydrogens is 573 g/mol. The molecular formula is C34H39F3N2O5. The van der Waals surface area contributed by atoms with Gasteiger partial charge in [-0.15, -0.1) is 0 Å². The molecule has 3 atom stereocenters. The number of aliphatic hydroxyl groups excluding tert-OH is 1. The van der Waals surface area contributed by atoms with Crippen LogP contribution in [-0.2, 0) is 31.9 Å². The van der Waals surface area contributed by atoms with Crippen molar-refractivity contribution in [2.75, 3.05) is 26.4 Å². The van der Waals surface area contributed by atoms with E-state index in [0.29, 0.717) is 54.7 Å². The van der Waals surface area contributed by atoms with Crippen molar-refractivity contribution in [1.82, 2.24) is 10.3 Å². The number of halogens is 3. The van der Waals surface area contributed by atoms with E-state index in [1.807, 2.05) is 6.92 Å². The van der Waals surface area contributed by atoms with Crippen molar-refractivity contribution in [1.29, 1.82) is 0 Å². The lowest BCUT2D eigenvalue weighted by atomic mass is 9.85. The highest BCUT2D eigenvalue weighted by atomic mass is 19.1. The van der Waals surface area contributed by atoms with Gasteiger partial charge < -0.3 is 19.9 Å². The number of morpholine rings is 1. The van der Waals surface area contributed by atoms with Crippen LogP contribution in [0.1, 0.15) is 60.8 Å². The third-order valence-electron chi connectivity index (χ3n) is 8.08. The second kappa shape index (κ2) is 16.5. The van der Waals surface area contributed by atoms with Gasteiger partial charge in [-0.05, 0) is 65.3 Å². The minimum Gasteiger partial charge on any atom is -0.464 e. The van der Waals surface area contributed by atoms with Gasteiger partial charge in [0, 0.05) is 38.1 Å². The molecule has 7 nitrogen and oxygen atoms in total. The lowest BCUT2D eigenvalue weighted by molar-refractivity contribution is -0.147. The molecule has 0 saturated carbocycles. The van der Waals surface area contributed by atoms with E-state index in [9.17, 15) is 27.9 Å². The molecule has 2 heterocycles. The van der Waals surface area contributed by atoms with Gasteiger partial charge in [-0.3, -0.25) is 14.6 Å². The van der Waals surface area contributed by atoms with Crippen LogP contribution in [0.25, 0.3) is 0 Å². The Morgan fingerprint density at radius 3 is 2.25 bits per heavy atom. The lowest BCUT2D eigenvalue weighted by Gasteiger charge is -2.30. The molecule has 1 aliphatic heterocycles. The Bertz CT molecular complexity index is 1310. The number of nitrogens with one attached hydrogen (secondary N) is 1. The average Bonchev–Trinajstić information content (AvgIpc) is 3.02. The Labute approximate surface area is 255 Å². The summed E-state index contributed by atoms with van der Waals surface area (Å²) in [6.45, 7) is 2.83. The largest absolute Gasteiger partial charge is 0.464 e. The molecule has 10 heteroatoms. The van der Waals surface area contributed by atoms with E-state index in [0.717, 1.165) is 6.20 Å². The molecule has 2 aromatic carbocycles. The van der Waals surface area contributed by atoms with Gasteiger partial charge in [-0.25, -0.2) is 13.2 Å². The van der Waals surface area contributed by atoms with Crippen molar-refractivity contribution in [3.8, 4) is 0 Å². The summed E-state index contributed by atoms with van der Waals surface area (Å²) in [7, 11) is 0. The summed E-state index contributed by atoms with van der Waals surface area (Å²) in [5.41, 5.74) is 2.33. The van der Waals surface area contributed by atoms with E-state index in [4.69, 9.17) is 9.47 Å². The number of Topliss-reactive ketones (excluding diaryl/α,β-unsaturated/α-hetero) is 1. The number of aromatic nitrogens is 1. The summed E-state index contributed by atoms with van der Waals surface area (Å²) < 4.78 is 53.4. The van der Waals surface area contributed by atoms with E-state index < -0.39 is 23.4 Å². The summed E-state index contributed by atoms with van der Waals surface area (Å²) in [4.78, 5) is 29.3. The molecule has 1 saturated heterocycles. The van der Waals surface area contributed by atoms with Crippen LogP contribution in [-0.4, -0.2) is 60.4 Å². The first-order valence-corrected chi connectivity index (χ1v) is 15.0. The number of esters is 1. The Hall–Kier alpha value is -3.60. The lowest BCUT2D eigenvalue weighted by Crippen LogP contribution is -2.49. The van der Waals surface area contributed by atoms with Gasteiger partial charge in [0.1, 0.15) is 29.8 Å². The molecule has 1 aliphatic rings. The number of hydrogen-bond acceptors (Lipinski definition) is 7. The molecule has 1 unspecified atom stereocenters. The Morgan fingerprint density at radius 2 is 1.68 bits per heavy atom. The van der Waals surface area contributed by atoms with Gasteiger partial charge in [-0.1, -0.05) is 37.6 Å². The molecule has 0 amide bonds. The van der Waals surface area contributed by atoms with Crippen LogP contribution in [0.4, 0.5) is 13.2 Å². The summed E-state index contributed by atoms with van der Waals surface area (Å²) in [6, 6.07) is 11.6. The van der Waals surface area contributed by atoms with Crippen molar-refractivity contribution in [3.05, 3.63) is 101 Å². The first-order valence-electron chi connectivity index (χ1n) is 15.0. The quantitative estimate of drug-likeness (QED) is 0.231. The molecule has 0 spiro atoms. The topological polar surface area (TPSA) is 97.8 Å². The third-order valence-corrected chi connectivity index (χ3v) is 8.08. The molecule has 0 bridgehead atoms. The van der Waals surface area contributed by atoms with Crippen LogP contribution in [0.5, 0.6) is 0 Å². The standard InChI is InChI=1S/C34H39F3N2O5/c1-2-22(19-40)13-34(42)44-21-28-20-43-30(17-39-28)11-12-31-25(16-38-18-33(31)37)14-29(41)15-32(23-3-7-26(35)8-4-23)24-5-9-27(36)10-6-24/h3-10,16,18,22,28,30,32,39-40H,2,11-15,17,19-21H2,1H3/t22?,28-,30+/m0/s1. The van der Waals surface area contributed by atoms with Crippen LogP contribution in [0, 0.1) is 23.4 Å². The maximum Gasteiger partial charge on any atom is 0.306 e. The Morgan fingerprint density at radius 1 is 1.02 bits per heavy atom. The predicted molar refractivity (Wildman–Crippen MR) is 158 cm³/mol. The number of rotatable bonds is 15. The van der Waals surface area contributed by atoms with E-state index in [1.54, 1.807) is 24.3 Å². The van der Waals surface area contributed by atoms with Gasteiger partial charge in [0.05, 0.1) is 31.4 Å². The van der Waals surface area contributed by atoms with Crippen LogP contribution >= 0.6 is 0 Å². The van der Waals surface area contributed by atoms with Gasteiger partial charge in [0.2, 0.25) is 0 Å². The number of pyridine rings is 1. The maximum atomic E-state index is 14.9. The summed E-state index contributed by atoms with van der Waals surface area (Å²) in [6.07, 6.45) is 4.17. The Kier molecular flexibility index (Phi) is 12.5. The van der Waals surface area contributed by atoms with Crippen molar-refractivity contribution < 1.29 is 37.3 Å². The number of carbonyl (C=O) groups is 2. The van der Waals surface area contributed by atoms with Crippen LogP contribution in [0.3, 0.4) is 0 Å². The van der Waals surface area contributed by atoms with Crippen LogP contribution in [0.15, 0.2) is 60.9 Å². The van der Waals surface area contributed by atoms with E-state index in [-0.39, 0.29) is 62.3 Å². The number of nitrogens with zero attached hydrogens (tertiary/aromatic N) is 1. The first-order chi connectivity index (χ1) is 21.2. The van der Waals surface area contributed by atoms with Crippen molar-refractivity contribution in [2.24, 2.45) is 5.92 Å². The number of aliphatic hydroxyl groups is 1. The van der Waals surface area contributed by atoms with Crippen LogP contribution in [0.2, 0.25) is 0 Å². The monoisotopic (exact) mass is 612 g/mol. The fourth-order valence-electron chi connectivity index (χ4n) is 5.36. The zero-order valence-electron chi connectivity index (χ0n) is 24.8. The second-order valence-corrected chi connectivity index (χ2v) is 11.3. The summed E-state index contributed by atoms with van der Waals surface area (Å²) >= 11 is 0. The molecule has 44 heavy (non-hydrogen) atoms. The number of ketones is 1. The molecule has 0 radical (unpaired) electrons. The van der Waals surface area contributed by atoms with Crippen LogP contribution < -0.4 is 5.32 Å².